The number of nitrogens with zero attached hydrogens (tertiary/aromatic N) is 1. The Hall–Kier alpha value is -2.44. The molecule has 2 aromatic carbocycles. The van der Waals surface area contributed by atoms with Crippen LogP contribution in [0.4, 0.5) is 5.69 Å². The van der Waals surface area contributed by atoms with E-state index in [-0.39, 0.29) is 22.4 Å². The van der Waals surface area contributed by atoms with Gasteiger partial charge in [0.1, 0.15) is 0 Å². The lowest BCUT2D eigenvalue weighted by Crippen LogP contribution is -2.19. The van der Waals surface area contributed by atoms with Crippen molar-refractivity contribution in [2.24, 2.45) is 4.99 Å². The van der Waals surface area contributed by atoms with E-state index in [0.717, 1.165) is 16.8 Å². The minimum absolute atomic E-state index is 0.128. The Kier molecular flexibility index (Phi) is 5.25. The molecule has 1 aliphatic rings. The van der Waals surface area contributed by atoms with E-state index < -0.39 is 0 Å². The van der Waals surface area contributed by atoms with E-state index in [1.54, 1.807) is 18.2 Å². The fourth-order valence-electron chi connectivity index (χ4n) is 2.50. The van der Waals surface area contributed by atoms with Gasteiger partial charge in [-0.1, -0.05) is 29.3 Å². The van der Waals surface area contributed by atoms with Gasteiger partial charge in [0.2, 0.25) is 0 Å². The lowest BCUT2D eigenvalue weighted by molar-refractivity contribution is -0.115. The molecule has 2 aromatic rings. The molecule has 1 amide bonds. The van der Waals surface area contributed by atoms with Gasteiger partial charge in [0, 0.05) is 0 Å². The Morgan fingerprint density at radius 3 is 2.73 bits per heavy atom. The molecule has 1 saturated heterocycles. The molecule has 1 fully saturated rings. The third kappa shape index (κ3) is 3.86. The number of aryl methyl sites for hydroxylation is 2. The molecule has 0 bridgehead atoms. The number of hydrogen-bond donors (Lipinski definition) is 2. The molecule has 7 heteroatoms. The summed E-state index contributed by atoms with van der Waals surface area (Å²) >= 11 is 7.24. The summed E-state index contributed by atoms with van der Waals surface area (Å²) in [6, 6.07) is 9.13. The van der Waals surface area contributed by atoms with Crippen LogP contribution in [0.3, 0.4) is 0 Å². The molecule has 0 aromatic heterocycles. The zero-order chi connectivity index (χ0) is 18.8. The smallest absolute Gasteiger partial charge is 0.264 e. The van der Waals surface area contributed by atoms with Crippen molar-refractivity contribution in [2.45, 2.75) is 13.8 Å². The molecule has 0 radical (unpaired) electrons. The summed E-state index contributed by atoms with van der Waals surface area (Å²) in [6.07, 6.45) is 1.68. The third-order valence-corrected chi connectivity index (χ3v) is 4.99. The van der Waals surface area contributed by atoms with Crippen LogP contribution in [0.2, 0.25) is 5.02 Å². The number of rotatable bonds is 3. The van der Waals surface area contributed by atoms with E-state index in [4.69, 9.17) is 16.3 Å². The first-order valence-electron chi connectivity index (χ1n) is 7.80. The number of phenolic OH excluding ortho intramolecular Hbond substituents is 1. The van der Waals surface area contributed by atoms with Gasteiger partial charge in [-0.25, -0.2) is 4.99 Å². The quantitative estimate of drug-likeness (QED) is 0.756. The van der Waals surface area contributed by atoms with Gasteiger partial charge in [0.25, 0.3) is 5.91 Å². The van der Waals surface area contributed by atoms with Gasteiger partial charge >= 0.3 is 0 Å². The molecule has 1 heterocycles. The van der Waals surface area contributed by atoms with E-state index in [2.05, 4.69) is 10.3 Å². The van der Waals surface area contributed by atoms with Crippen molar-refractivity contribution in [2.75, 3.05) is 7.11 Å². The molecule has 2 N–H and O–H groups in total. The van der Waals surface area contributed by atoms with Crippen LogP contribution in [0.5, 0.6) is 11.5 Å². The second kappa shape index (κ2) is 7.43. The number of carbonyl (C=O) groups is 1. The first-order chi connectivity index (χ1) is 12.4. The van der Waals surface area contributed by atoms with E-state index in [0.29, 0.717) is 15.6 Å². The Labute approximate surface area is 160 Å². The molecular formula is C19H17ClN2O3S. The summed E-state index contributed by atoms with van der Waals surface area (Å²) in [5.74, 6) is -0.115. The minimum atomic E-state index is -0.235. The fraction of sp³-hybridized carbons (Fsp3) is 0.158. The number of nitrogens with one attached hydrogen (secondary N) is 1. The standard InChI is InChI=1S/C19H17ClN2O3S/c1-10-4-5-14(11(2)6-10)21-19-22-18(24)16(26-19)9-12-7-13(20)17(23)15(8-12)25-3/h4-9,23H,1-3H3,(H,21,22,24)/b16-9-. The lowest BCUT2D eigenvalue weighted by atomic mass is 10.1. The summed E-state index contributed by atoms with van der Waals surface area (Å²) in [5, 5.41) is 13.2. The average Bonchev–Trinajstić information content (AvgIpc) is 2.92. The second-order valence-corrected chi connectivity index (χ2v) is 7.26. The van der Waals surface area contributed by atoms with Gasteiger partial charge in [-0.05, 0) is 61.0 Å². The minimum Gasteiger partial charge on any atom is -0.503 e. The van der Waals surface area contributed by atoms with Crippen LogP contribution in [-0.4, -0.2) is 23.3 Å². The Morgan fingerprint density at radius 1 is 1.27 bits per heavy atom. The van der Waals surface area contributed by atoms with Gasteiger partial charge in [0.05, 0.1) is 22.7 Å². The number of aromatic hydroxyl groups is 1. The van der Waals surface area contributed by atoms with E-state index >= 15 is 0 Å². The first kappa shape index (κ1) is 18.4. The molecule has 0 unspecified atom stereocenters. The fourth-order valence-corrected chi connectivity index (χ4v) is 3.56. The number of methoxy groups -OCH3 is 1. The van der Waals surface area contributed by atoms with Crippen molar-refractivity contribution in [3.8, 4) is 11.5 Å². The zero-order valence-corrected chi connectivity index (χ0v) is 16.0. The highest BCUT2D eigenvalue weighted by Gasteiger charge is 2.24. The number of benzene rings is 2. The number of ether oxygens (including phenoxy) is 1. The van der Waals surface area contributed by atoms with Crippen LogP contribution < -0.4 is 10.1 Å². The van der Waals surface area contributed by atoms with Crippen molar-refractivity contribution in [1.29, 1.82) is 0 Å². The largest absolute Gasteiger partial charge is 0.503 e. The van der Waals surface area contributed by atoms with Crippen molar-refractivity contribution in [1.82, 2.24) is 5.32 Å². The number of amides is 1. The molecule has 1 aliphatic heterocycles. The third-order valence-electron chi connectivity index (χ3n) is 3.79. The molecule has 3 rings (SSSR count). The normalized spacial score (nSPS) is 17.0. The number of halogens is 1. The van der Waals surface area contributed by atoms with Gasteiger partial charge in [0.15, 0.2) is 16.7 Å². The molecular weight excluding hydrogens is 372 g/mol. The van der Waals surface area contributed by atoms with E-state index in [1.807, 2.05) is 32.0 Å². The maximum Gasteiger partial charge on any atom is 0.264 e. The molecule has 5 nitrogen and oxygen atoms in total. The van der Waals surface area contributed by atoms with E-state index in [9.17, 15) is 9.90 Å². The SMILES string of the molecule is COc1cc(/C=C2\SC(=Nc3ccc(C)cc3C)NC2=O)cc(Cl)c1O. The van der Waals surface area contributed by atoms with Crippen LogP contribution >= 0.6 is 23.4 Å². The highest BCUT2D eigenvalue weighted by molar-refractivity contribution is 8.18. The van der Waals surface area contributed by atoms with Crippen LogP contribution in [0, 0.1) is 13.8 Å². The monoisotopic (exact) mass is 388 g/mol. The zero-order valence-electron chi connectivity index (χ0n) is 14.5. The molecule has 0 atom stereocenters. The van der Waals surface area contributed by atoms with Crippen molar-refractivity contribution in [3.05, 3.63) is 56.9 Å². The number of phenols is 1. The lowest BCUT2D eigenvalue weighted by Gasteiger charge is -2.06. The number of amidine groups is 1. The number of carbonyl (C=O) groups excluding carboxylic acids is 1. The maximum absolute atomic E-state index is 12.2. The average molecular weight is 389 g/mol. The first-order valence-corrected chi connectivity index (χ1v) is 9.00. The molecule has 134 valence electrons. The summed E-state index contributed by atoms with van der Waals surface area (Å²) in [5.41, 5.74) is 3.66. The predicted octanol–water partition coefficient (Wildman–Crippen LogP) is 4.56. The van der Waals surface area contributed by atoms with Gasteiger partial charge in [-0.3, -0.25) is 4.79 Å². The van der Waals surface area contributed by atoms with Crippen molar-refractivity contribution in [3.63, 3.8) is 0 Å². The van der Waals surface area contributed by atoms with Crippen molar-refractivity contribution < 1.29 is 14.6 Å². The Bertz CT molecular complexity index is 954. The number of hydrogen-bond acceptors (Lipinski definition) is 5. The van der Waals surface area contributed by atoms with Gasteiger partial charge in [-0.15, -0.1) is 0 Å². The Balaban J connectivity index is 1.89. The summed E-state index contributed by atoms with van der Waals surface area (Å²) in [7, 11) is 1.44. The summed E-state index contributed by atoms with van der Waals surface area (Å²) in [4.78, 5) is 17.2. The van der Waals surface area contributed by atoms with Gasteiger partial charge in [-0.2, -0.15) is 0 Å². The predicted molar refractivity (Wildman–Crippen MR) is 106 cm³/mol. The number of thioether (sulfide) groups is 1. The molecule has 0 aliphatic carbocycles. The highest BCUT2D eigenvalue weighted by atomic mass is 35.5. The van der Waals surface area contributed by atoms with E-state index in [1.165, 1.54) is 18.9 Å². The molecule has 0 spiro atoms. The highest BCUT2D eigenvalue weighted by Crippen LogP contribution is 2.37. The van der Waals surface area contributed by atoms with Crippen LogP contribution in [-0.2, 0) is 4.79 Å². The second-order valence-electron chi connectivity index (χ2n) is 5.83. The number of aliphatic imine (C=N–C) groups is 1. The maximum atomic E-state index is 12.2. The topological polar surface area (TPSA) is 70.9 Å². The van der Waals surface area contributed by atoms with Gasteiger partial charge < -0.3 is 15.2 Å². The summed E-state index contributed by atoms with van der Waals surface area (Å²) in [6.45, 7) is 4.00. The van der Waals surface area contributed by atoms with Crippen LogP contribution in [0.1, 0.15) is 16.7 Å². The molecule has 0 saturated carbocycles. The van der Waals surface area contributed by atoms with Crippen LogP contribution in [0.25, 0.3) is 6.08 Å². The molecule has 26 heavy (non-hydrogen) atoms. The van der Waals surface area contributed by atoms with Crippen molar-refractivity contribution >= 4 is 46.2 Å². The summed E-state index contributed by atoms with van der Waals surface area (Å²) < 4.78 is 5.09. The van der Waals surface area contributed by atoms with Crippen LogP contribution in [0.15, 0.2) is 40.2 Å². The Morgan fingerprint density at radius 2 is 2.04 bits per heavy atom.